The Morgan fingerprint density at radius 3 is 3.00 bits per heavy atom. The van der Waals surface area contributed by atoms with Crippen molar-refractivity contribution in [3.8, 4) is 11.6 Å². The van der Waals surface area contributed by atoms with Gasteiger partial charge in [0.15, 0.2) is 5.76 Å². The maximum Gasteiger partial charge on any atom is 0.243 e. The van der Waals surface area contributed by atoms with Gasteiger partial charge in [0.1, 0.15) is 6.54 Å². The fourth-order valence-electron chi connectivity index (χ4n) is 2.46. The number of nitrogens with one attached hydrogen (secondary N) is 1. The molecule has 0 unspecified atom stereocenters. The number of carbonyl (C=O) groups is 1. The Labute approximate surface area is 116 Å². The summed E-state index contributed by atoms with van der Waals surface area (Å²) in [6, 6.07) is 3.80. The zero-order valence-corrected chi connectivity index (χ0v) is 11.2. The van der Waals surface area contributed by atoms with Gasteiger partial charge in [-0.05, 0) is 30.2 Å². The van der Waals surface area contributed by atoms with Crippen molar-refractivity contribution < 1.29 is 9.21 Å². The van der Waals surface area contributed by atoms with E-state index in [0.29, 0.717) is 17.6 Å². The highest BCUT2D eigenvalue weighted by atomic mass is 16.3. The van der Waals surface area contributed by atoms with E-state index in [1.54, 1.807) is 18.4 Å². The van der Waals surface area contributed by atoms with Crippen LogP contribution in [0.4, 0.5) is 0 Å². The summed E-state index contributed by atoms with van der Waals surface area (Å²) in [4.78, 5) is 13.2. The number of tetrazole rings is 1. The average Bonchev–Trinajstić information content (AvgIpc) is 3.10. The maximum atomic E-state index is 11.9. The molecule has 2 heterocycles. The molecule has 106 valence electrons. The number of hydrogen-bond acceptors (Lipinski definition) is 5. The molecule has 0 bridgehead atoms. The highest BCUT2D eigenvalue weighted by molar-refractivity contribution is 5.75. The van der Waals surface area contributed by atoms with Crippen LogP contribution in [0.3, 0.4) is 0 Å². The van der Waals surface area contributed by atoms with Crippen LogP contribution in [0, 0.1) is 0 Å². The monoisotopic (exact) mass is 275 g/mol. The van der Waals surface area contributed by atoms with Crippen LogP contribution in [0.25, 0.3) is 11.6 Å². The molecule has 0 spiro atoms. The lowest BCUT2D eigenvalue weighted by molar-refractivity contribution is -0.123. The summed E-state index contributed by atoms with van der Waals surface area (Å²) in [5, 5.41) is 14.9. The van der Waals surface area contributed by atoms with Crippen LogP contribution in [0.5, 0.6) is 0 Å². The van der Waals surface area contributed by atoms with E-state index in [9.17, 15) is 4.79 Å². The van der Waals surface area contributed by atoms with Crippen LogP contribution < -0.4 is 5.32 Å². The standard InChI is InChI=1S/C13H17N5O2/c19-12(14-10-5-2-1-3-6-10)9-18-16-13(15-17-18)11-7-4-8-20-11/h4,7-8,10H,1-3,5-6,9H2,(H,14,19). The van der Waals surface area contributed by atoms with E-state index in [2.05, 4.69) is 20.7 Å². The van der Waals surface area contributed by atoms with E-state index < -0.39 is 0 Å². The molecule has 7 nitrogen and oxygen atoms in total. The average molecular weight is 275 g/mol. The summed E-state index contributed by atoms with van der Waals surface area (Å²) in [6.07, 6.45) is 7.32. The lowest BCUT2D eigenvalue weighted by Gasteiger charge is -2.22. The van der Waals surface area contributed by atoms with Gasteiger partial charge < -0.3 is 9.73 Å². The first-order valence-corrected chi connectivity index (χ1v) is 6.92. The second-order valence-corrected chi connectivity index (χ2v) is 5.02. The number of hydrogen-bond donors (Lipinski definition) is 1. The minimum Gasteiger partial charge on any atom is -0.461 e. The predicted octanol–water partition coefficient (Wildman–Crippen LogP) is 1.38. The van der Waals surface area contributed by atoms with Gasteiger partial charge in [-0.1, -0.05) is 19.3 Å². The lowest BCUT2D eigenvalue weighted by atomic mass is 9.95. The molecule has 0 atom stereocenters. The number of amides is 1. The number of carbonyl (C=O) groups excluding carboxylic acids is 1. The number of rotatable bonds is 4. The lowest BCUT2D eigenvalue weighted by Crippen LogP contribution is -2.38. The second-order valence-electron chi connectivity index (χ2n) is 5.02. The molecule has 0 aliphatic heterocycles. The second kappa shape index (κ2) is 5.85. The van der Waals surface area contributed by atoms with Gasteiger partial charge in [0, 0.05) is 6.04 Å². The van der Waals surface area contributed by atoms with Crippen LogP contribution in [0.15, 0.2) is 22.8 Å². The van der Waals surface area contributed by atoms with E-state index >= 15 is 0 Å². The molecule has 3 rings (SSSR count). The van der Waals surface area contributed by atoms with Crippen molar-refractivity contribution in [1.82, 2.24) is 25.5 Å². The summed E-state index contributed by atoms with van der Waals surface area (Å²) < 4.78 is 5.18. The van der Waals surface area contributed by atoms with Crippen LogP contribution >= 0.6 is 0 Å². The van der Waals surface area contributed by atoms with Crippen LogP contribution in [0.1, 0.15) is 32.1 Å². The van der Waals surface area contributed by atoms with Gasteiger partial charge in [-0.3, -0.25) is 4.79 Å². The highest BCUT2D eigenvalue weighted by Crippen LogP contribution is 2.17. The van der Waals surface area contributed by atoms with E-state index in [1.165, 1.54) is 24.1 Å². The van der Waals surface area contributed by atoms with E-state index in [1.807, 2.05) is 0 Å². The quantitative estimate of drug-likeness (QED) is 0.911. The largest absolute Gasteiger partial charge is 0.461 e. The molecule has 1 N–H and O–H groups in total. The molecule has 1 amide bonds. The van der Waals surface area contributed by atoms with Gasteiger partial charge >= 0.3 is 0 Å². The molecule has 0 aromatic carbocycles. The van der Waals surface area contributed by atoms with Crippen molar-refractivity contribution in [2.75, 3.05) is 0 Å². The Bertz CT molecular complexity index is 557. The first kappa shape index (κ1) is 12.8. The third-order valence-electron chi connectivity index (χ3n) is 3.45. The Morgan fingerprint density at radius 2 is 2.25 bits per heavy atom. The summed E-state index contributed by atoms with van der Waals surface area (Å²) in [7, 11) is 0. The van der Waals surface area contributed by atoms with Crippen molar-refractivity contribution >= 4 is 5.91 Å². The topological polar surface area (TPSA) is 85.8 Å². The van der Waals surface area contributed by atoms with Crippen LogP contribution in [-0.4, -0.2) is 32.2 Å². The fraction of sp³-hybridized carbons (Fsp3) is 0.538. The molecule has 0 saturated heterocycles. The smallest absolute Gasteiger partial charge is 0.243 e. The fourth-order valence-corrected chi connectivity index (χ4v) is 2.46. The summed E-state index contributed by atoms with van der Waals surface area (Å²) in [5.41, 5.74) is 0. The number of nitrogens with zero attached hydrogens (tertiary/aromatic N) is 4. The molecular formula is C13H17N5O2. The van der Waals surface area contributed by atoms with Gasteiger partial charge in [0.25, 0.3) is 0 Å². The van der Waals surface area contributed by atoms with Crippen molar-refractivity contribution in [3.63, 3.8) is 0 Å². The third kappa shape index (κ3) is 3.04. The van der Waals surface area contributed by atoms with Gasteiger partial charge in [-0.2, -0.15) is 4.80 Å². The normalized spacial score (nSPS) is 16.2. The molecule has 1 aliphatic rings. The molecule has 2 aromatic heterocycles. The Hall–Kier alpha value is -2.18. The summed E-state index contributed by atoms with van der Waals surface area (Å²) in [5.74, 6) is 0.865. The molecule has 1 saturated carbocycles. The first-order valence-electron chi connectivity index (χ1n) is 6.92. The molecule has 1 aliphatic carbocycles. The SMILES string of the molecule is O=C(Cn1nnc(-c2ccco2)n1)NC1CCCCC1. The molecule has 20 heavy (non-hydrogen) atoms. The number of aromatic nitrogens is 4. The zero-order valence-electron chi connectivity index (χ0n) is 11.2. The molecule has 2 aromatic rings. The minimum absolute atomic E-state index is 0.0692. The van der Waals surface area contributed by atoms with Gasteiger partial charge in [0.2, 0.25) is 11.7 Å². The summed E-state index contributed by atoms with van der Waals surface area (Å²) >= 11 is 0. The highest BCUT2D eigenvalue weighted by Gasteiger charge is 2.17. The Kier molecular flexibility index (Phi) is 3.76. The minimum atomic E-state index is -0.0692. The van der Waals surface area contributed by atoms with Gasteiger partial charge in [-0.25, -0.2) is 0 Å². The molecule has 0 radical (unpaired) electrons. The van der Waals surface area contributed by atoms with Crippen LogP contribution in [-0.2, 0) is 11.3 Å². The molecule has 7 heteroatoms. The molecule has 1 fully saturated rings. The predicted molar refractivity (Wildman–Crippen MR) is 70.5 cm³/mol. The maximum absolute atomic E-state index is 11.9. The van der Waals surface area contributed by atoms with Gasteiger partial charge in [-0.15, -0.1) is 10.2 Å². The number of furan rings is 1. The Balaban J connectivity index is 1.56. The van der Waals surface area contributed by atoms with Crippen molar-refractivity contribution in [2.45, 2.75) is 44.7 Å². The third-order valence-corrected chi connectivity index (χ3v) is 3.45. The summed E-state index contributed by atoms with van der Waals surface area (Å²) in [6.45, 7) is 0.0875. The van der Waals surface area contributed by atoms with Crippen molar-refractivity contribution in [1.29, 1.82) is 0 Å². The first-order chi connectivity index (χ1) is 9.81. The van der Waals surface area contributed by atoms with E-state index in [-0.39, 0.29) is 12.5 Å². The van der Waals surface area contributed by atoms with Crippen LogP contribution in [0.2, 0.25) is 0 Å². The van der Waals surface area contributed by atoms with Gasteiger partial charge in [0.05, 0.1) is 6.26 Å². The molecular weight excluding hydrogens is 258 g/mol. The zero-order chi connectivity index (χ0) is 13.8. The van der Waals surface area contributed by atoms with Crippen molar-refractivity contribution in [3.05, 3.63) is 18.4 Å². The van der Waals surface area contributed by atoms with E-state index in [0.717, 1.165) is 12.8 Å². The van der Waals surface area contributed by atoms with Crippen molar-refractivity contribution in [2.24, 2.45) is 0 Å². The Morgan fingerprint density at radius 1 is 1.40 bits per heavy atom. The van der Waals surface area contributed by atoms with E-state index in [4.69, 9.17) is 4.42 Å².